The van der Waals surface area contributed by atoms with E-state index in [1.807, 2.05) is 36.4 Å². The fourth-order valence-corrected chi connectivity index (χ4v) is 4.27. The van der Waals surface area contributed by atoms with Gasteiger partial charge in [0.1, 0.15) is 17.7 Å². The number of rotatable bonds is 9. The molecule has 3 rings (SSSR count). The van der Waals surface area contributed by atoms with Crippen molar-refractivity contribution in [1.29, 1.82) is 0 Å². The fraction of sp³-hybridized carbons (Fsp3) is 0.480. The van der Waals surface area contributed by atoms with Crippen LogP contribution in [0.15, 0.2) is 42.5 Å². The Morgan fingerprint density at radius 1 is 1.10 bits per heavy atom. The van der Waals surface area contributed by atoms with E-state index in [1.54, 1.807) is 7.11 Å². The molecule has 2 aromatic rings. The Morgan fingerprint density at radius 3 is 2.65 bits per heavy atom. The lowest BCUT2D eigenvalue weighted by atomic mass is 10.0. The third kappa shape index (κ3) is 5.70. The van der Waals surface area contributed by atoms with E-state index in [0.717, 1.165) is 42.0 Å². The number of nitrogens with zero attached hydrogens (tertiary/aromatic N) is 2. The van der Waals surface area contributed by atoms with Gasteiger partial charge in [0.2, 0.25) is 0 Å². The second kappa shape index (κ2) is 11.0. The van der Waals surface area contributed by atoms with Gasteiger partial charge in [-0.2, -0.15) is 0 Å². The Morgan fingerprint density at radius 2 is 1.87 bits per heavy atom. The smallest absolute Gasteiger partial charge is 0.412 e. The topological polar surface area (TPSA) is 54.0 Å². The Labute approximate surface area is 186 Å². The molecule has 1 amide bonds. The summed E-state index contributed by atoms with van der Waals surface area (Å²) < 4.78 is 11.1. The molecule has 2 aromatic carbocycles. The van der Waals surface area contributed by atoms with Gasteiger partial charge in [0.15, 0.2) is 0 Å². The first-order valence-electron chi connectivity index (χ1n) is 11.2. The number of anilines is 1. The number of nitrogens with one attached hydrogen (secondary N) is 1. The zero-order valence-corrected chi connectivity index (χ0v) is 19.2. The molecular formula is C25H35N3O3. The second-order valence-electron chi connectivity index (χ2n) is 8.16. The summed E-state index contributed by atoms with van der Waals surface area (Å²) in [7, 11) is 5.88. The van der Waals surface area contributed by atoms with Crippen LogP contribution < -0.4 is 19.7 Å². The number of carbonyl (C=O) groups is 1. The second-order valence-corrected chi connectivity index (χ2v) is 8.16. The average molecular weight is 426 g/mol. The van der Waals surface area contributed by atoms with Crippen LogP contribution in [-0.4, -0.2) is 38.7 Å². The van der Waals surface area contributed by atoms with Crippen molar-refractivity contribution in [2.45, 2.75) is 51.7 Å². The number of carbonyl (C=O) groups excluding carboxylic acids is 1. The normalized spacial score (nSPS) is 16.0. The number of ether oxygens (including phenoxy) is 2. The average Bonchev–Trinajstić information content (AvgIpc) is 2.76. The van der Waals surface area contributed by atoms with Crippen LogP contribution in [0.4, 0.5) is 10.5 Å². The molecule has 6 nitrogen and oxygen atoms in total. The molecule has 0 saturated heterocycles. The number of hydrogen-bond acceptors (Lipinski definition) is 5. The third-order valence-corrected chi connectivity index (χ3v) is 5.81. The summed E-state index contributed by atoms with van der Waals surface area (Å²) in [6.07, 6.45) is 5.48. The monoisotopic (exact) mass is 425 g/mol. The lowest BCUT2D eigenvalue weighted by Gasteiger charge is -2.43. The molecule has 1 atom stereocenters. The van der Waals surface area contributed by atoms with Gasteiger partial charge >= 0.3 is 6.09 Å². The summed E-state index contributed by atoms with van der Waals surface area (Å²) in [5.41, 5.74) is 3.37. The van der Waals surface area contributed by atoms with Crippen LogP contribution in [0.3, 0.4) is 0 Å². The molecule has 31 heavy (non-hydrogen) atoms. The van der Waals surface area contributed by atoms with Crippen molar-refractivity contribution in [3.63, 3.8) is 0 Å². The summed E-state index contributed by atoms with van der Waals surface area (Å²) in [6.45, 7) is 3.60. The van der Waals surface area contributed by atoms with Crippen molar-refractivity contribution < 1.29 is 14.3 Å². The maximum absolute atomic E-state index is 12.1. The zero-order chi connectivity index (χ0) is 22.2. The standard InChI is InChI=1S/C25H35N3O3/c1-5-6-7-8-11-16-26-25(29)31-20-14-15-22-19(17-20)18-27(2)24(28(22)3)21-12-9-10-13-23(21)30-4/h9-10,12-15,17,24H,5-8,11,16,18H2,1-4H3,(H,26,29). The summed E-state index contributed by atoms with van der Waals surface area (Å²) in [6, 6.07) is 14.0. The minimum Gasteiger partial charge on any atom is -0.496 e. The molecule has 1 aliphatic heterocycles. The van der Waals surface area contributed by atoms with Crippen molar-refractivity contribution in [3.8, 4) is 11.5 Å². The van der Waals surface area contributed by atoms with Crippen molar-refractivity contribution in [1.82, 2.24) is 10.2 Å². The molecule has 0 saturated carbocycles. The van der Waals surface area contributed by atoms with Crippen molar-refractivity contribution in [2.75, 3.05) is 32.6 Å². The summed E-state index contributed by atoms with van der Waals surface area (Å²) in [5, 5.41) is 2.85. The van der Waals surface area contributed by atoms with Crippen LogP contribution in [0.2, 0.25) is 0 Å². The van der Waals surface area contributed by atoms with E-state index in [2.05, 4.69) is 42.2 Å². The molecule has 0 spiro atoms. The van der Waals surface area contributed by atoms with Gasteiger partial charge in [0.05, 0.1) is 7.11 Å². The lowest BCUT2D eigenvalue weighted by molar-refractivity contribution is 0.199. The predicted molar refractivity (Wildman–Crippen MR) is 125 cm³/mol. The van der Waals surface area contributed by atoms with E-state index >= 15 is 0 Å². The first-order chi connectivity index (χ1) is 15.0. The molecular weight excluding hydrogens is 390 g/mol. The highest BCUT2D eigenvalue weighted by molar-refractivity contribution is 5.71. The molecule has 0 fully saturated rings. The van der Waals surface area contributed by atoms with Gasteiger partial charge in [-0.1, -0.05) is 50.8 Å². The lowest BCUT2D eigenvalue weighted by Crippen LogP contribution is -2.41. The Balaban J connectivity index is 1.64. The van der Waals surface area contributed by atoms with E-state index in [1.165, 1.54) is 19.3 Å². The summed E-state index contributed by atoms with van der Waals surface area (Å²) >= 11 is 0. The molecule has 0 aliphatic carbocycles. The van der Waals surface area contributed by atoms with Crippen LogP contribution in [0.5, 0.6) is 11.5 Å². The van der Waals surface area contributed by atoms with Gasteiger partial charge in [-0.05, 0) is 43.3 Å². The minimum atomic E-state index is -0.389. The predicted octanol–water partition coefficient (Wildman–Crippen LogP) is 5.33. The number of fused-ring (bicyclic) bond motifs is 1. The van der Waals surface area contributed by atoms with Crippen LogP contribution in [0.25, 0.3) is 0 Å². The van der Waals surface area contributed by atoms with Crippen LogP contribution in [-0.2, 0) is 6.54 Å². The van der Waals surface area contributed by atoms with Gasteiger partial charge in [-0.25, -0.2) is 4.79 Å². The number of unbranched alkanes of at least 4 members (excludes halogenated alkanes) is 4. The highest BCUT2D eigenvalue weighted by Crippen LogP contribution is 2.40. The van der Waals surface area contributed by atoms with E-state index in [-0.39, 0.29) is 12.3 Å². The SMILES string of the molecule is CCCCCCCNC(=O)Oc1ccc2c(c1)CN(C)C(c1ccccc1OC)N2C. The quantitative estimate of drug-likeness (QED) is 0.550. The van der Waals surface area contributed by atoms with Gasteiger partial charge in [0.25, 0.3) is 0 Å². The molecule has 6 heteroatoms. The zero-order valence-electron chi connectivity index (χ0n) is 19.2. The highest BCUT2D eigenvalue weighted by Gasteiger charge is 2.31. The number of benzene rings is 2. The Bertz CT molecular complexity index is 871. The number of amides is 1. The van der Waals surface area contributed by atoms with Crippen LogP contribution in [0.1, 0.15) is 56.3 Å². The largest absolute Gasteiger partial charge is 0.496 e. The Hall–Kier alpha value is -2.73. The van der Waals surface area contributed by atoms with Crippen molar-refractivity contribution in [2.24, 2.45) is 0 Å². The van der Waals surface area contributed by atoms with E-state index in [0.29, 0.717) is 12.3 Å². The molecule has 168 valence electrons. The molecule has 1 N–H and O–H groups in total. The van der Waals surface area contributed by atoms with Gasteiger partial charge in [-0.3, -0.25) is 4.90 Å². The van der Waals surface area contributed by atoms with Crippen molar-refractivity contribution in [3.05, 3.63) is 53.6 Å². The number of methoxy groups -OCH3 is 1. The van der Waals surface area contributed by atoms with E-state index in [4.69, 9.17) is 9.47 Å². The Kier molecular flexibility index (Phi) is 8.18. The number of para-hydroxylation sites is 1. The first-order valence-corrected chi connectivity index (χ1v) is 11.2. The third-order valence-electron chi connectivity index (χ3n) is 5.81. The summed E-state index contributed by atoms with van der Waals surface area (Å²) in [4.78, 5) is 16.6. The molecule has 1 unspecified atom stereocenters. The first kappa shape index (κ1) is 22.9. The molecule has 0 bridgehead atoms. The number of hydrogen-bond donors (Lipinski definition) is 1. The van der Waals surface area contributed by atoms with Crippen LogP contribution in [0, 0.1) is 0 Å². The molecule has 1 heterocycles. The minimum absolute atomic E-state index is 0.0615. The van der Waals surface area contributed by atoms with Gasteiger partial charge in [-0.15, -0.1) is 0 Å². The van der Waals surface area contributed by atoms with Crippen LogP contribution >= 0.6 is 0 Å². The van der Waals surface area contributed by atoms with E-state index in [9.17, 15) is 4.79 Å². The van der Waals surface area contributed by atoms with Gasteiger partial charge in [0, 0.05) is 31.4 Å². The fourth-order valence-electron chi connectivity index (χ4n) is 4.27. The van der Waals surface area contributed by atoms with E-state index < -0.39 is 0 Å². The molecule has 0 radical (unpaired) electrons. The molecule has 1 aliphatic rings. The summed E-state index contributed by atoms with van der Waals surface area (Å²) in [5.74, 6) is 1.45. The highest BCUT2D eigenvalue weighted by atomic mass is 16.6. The maximum Gasteiger partial charge on any atom is 0.412 e. The van der Waals surface area contributed by atoms with Gasteiger partial charge < -0.3 is 19.7 Å². The molecule has 0 aromatic heterocycles. The van der Waals surface area contributed by atoms with Crippen molar-refractivity contribution >= 4 is 11.8 Å². The maximum atomic E-state index is 12.1.